The van der Waals surface area contributed by atoms with Crippen LogP contribution in [0.1, 0.15) is 67.5 Å². The summed E-state index contributed by atoms with van der Waals surface area (Å²) >= 11 is 1.11. The van der Waals surface area contributed by atoms with Crippen LogP contribution >= 0.6 is 11.8 Å². The number of nitrogens with zero attached hydrogens (tertiary/aromatic N) is 2. The molecule has 3 rings (SSSR count). The number of hydrogen-bond acceptors (Lipinski definition) is 6. The Hall–Kier alpha value is -2.22. The normalized spacial score (nSPS) is 16.4. The number of Topliss-reactive ketones (excluding diaryl/α,β-unsaturated/α-hetero) is 1. The number of benzene rings is 1. The SMILES string of the molecule is CC(=O)c1ccc(SCC(=O)NC2(c3noc(C)n3)CCCCCC2)c(F)c1. The largest absolute Gasteiger partial charge is 0.342 e. The quantitative estimate of drug-likeness (QED) is 0.441. The second-order valence-electron chi connectivity index (χ2n) is 7.17. The third-order valence-electron chi connectivity index (χ3n) is 4.99. The molecule has 1 aromatic carbocycles. The molecular weight excluding hydrogens is 381 g/mol. The molecule has 1 fully saturated rings. The smallest absolute Gasteiger partial charge is 0.231 e. The average Bonchev–Trinajstić information content (AvgIpc) is 2.96. The van der Waals surface area contributed by atoms with Crippen molar-refractivity contribution in [2.24, 2.45) is 0 Å². The molecule has 0 bridgehead atoms. The average molecular weight is 405 g/mol. The molecule has 0 unspecified atom stereocenters. The number of nitrogens with one attached hydrogen (secondary N) is 1. The van der Waals surface area contributed by atoms with E-state index in [2.05, 4.69) is 15.5 Å². The third kappa shape index (κ3) is 4.79. The van der Waals surface area contributed by atoms with E-state index in [0.717, 1.165) is 50.3 Å². The van der Waals surface area contributed by atoms with Gasteiger partial charge in [0.15, 0.2) is 11.6 Å². The lowest BCUT2D eigenvalue weighted by Gasteiger charge is -2.30. The molecule has 8 heteroatoms. The molecular formula is C20H24FN3O3S. The van der Waals surface area contributed by atoms with Crippen molar-refractivity contribution in [1.29, 1.82) is 0 Å². The summed E-state index contributed by atoms with van der Waals surface area (Å²) < 4.78 is 19.3. The molecule has 1 aliphatic rings. The Labute approximate surface area is 167 Å². The fourth-order valence-electron chi connectivity index (χ4n) is 3.51. The predicted molar refractivity (Wildman–Crippen MR) is 104 cm³/mol. The highest BCUT2D eigenvalue weighted by Crippen LogP contribution is 2.35. The maximum absolute atomic E-state index is 14.2. The van der Waals surface area contributed by atoms with Crippen LogP contribution in [0, 0.1) is 12.7 Å². The minimum absolute atomic E-state index is 0.0644. The van der Waals surface area contributed by atoms with Gasteiger partial charge in [-0.05, 0) is 31.9 Å². The number of carbonyl (C=O) groups is 2. The van der Waals surface area contributed by atoms with E-state index in [0.29, 0.717) is 22.2 Å². The topological polar surface area (TPSA) is 85.1 Å². The van der Waals surface area contributed by atoms with Crippen LogP contribution in [-0.4, -0.2) is 27.6 Å². The Morgan fingerprint density at radius 3 is 2.54 bits per heavy atom. The number of aromatic nitrogens is 2. The molecule has 28 heavy (non-hydrogen) atoms. The Balaban J connectivity index is 1.70. The Kier molecular flexibility index (Phi) is 6.49. The van der Waals surface area contributed by atoms with Crippen LogP contribution < -0.4 is 5.32 Å². The number of rotatable bonds is 6. The summed E-state index contributed by atoms with van der Waals surface area (Å²) in [6.45, 7) is 3.12. The second kappa shape index (κ2) is 8.86. The van der Waals surface area contributed by atoms with Crippen molar-refractivity contribution in [3.63, 3.8) is 0 Å². The van der Waals surface area contributed by atoms with Crippen LogP contribution in [0.4, 0.5) is 4.39 Å². The van der Waals surface area contributed by atoms with Gasteiger partial charge in [-0.1, -0.05) is 36.9 Å². The number of amides is 1. The lowest BCUT2D eigenvalue weighted by Crippen LogP contribution is -2.47. The number of halogens is 1. The molecule has 0 aliphatic heterocycles. The van der Waals surface area contributed by atoms with Gasteiger partial charge >= 0.3 is 0 Å². The molecule has 0 saturated heterocycles. The molecule has 0 atom stereocenters. The minimum atomic E-state index is -0.636. The second-order valence-corrected chi connectivity index (χ2v) is 8.19. The van der Waals surface area contributed by atoms with Crippen molar-refractivity contribution in [2.45, 2.75) is 62.8 Å². The van der Waals surface area contributed by atoms with Gasteiger partial charge in [0, 0.05) is 17.4 Å². The van der Waals surface area contributed by atoms with E-state index in [-0.39, 0.29) is 17.4 Å². The van der Waals surface area contributed by atoms with Crippen molar-refractivity contribution in [1.82, 2.24) is 15.5 Å². The summed E-state index contributed by atoms with van der Waals surface area (Å²) in [7, 11) is 0. The molecule has 1 aromatic heterocycles. The van der Waals surface area contributed by atoms with E-state index in [1.807, 2.05) is 0 Å². The molecule has 0 spiro atoms. The molecule has 150 valence electrons. The van der Waals surface area contributed by atoms with Crippen LogP contribution in [0.15, 0.2) is 27.6 Å². The van der Waals surface area contributed by atoms with Crippen molar-refractivity contribution in [3.8, 4) is 0 Å². The van der Waals surface area contributed by atoms with E-state index in [1.165, 1.54) is 19.1 Å². The van der Waals surface area contributed by atoms with Gasteiger partial charge in [-0.2, -0.15) is 4.98 Å². The predicted octanol–water partition coefficient (Wildman–Crippen LogP) is 4.18. The van der Waals surface area contributed by atoms with E-state index in [4.69, 9.17) is 4.52 Å². The van der Waals surface area contributed by atoms with Gasteiger partial charge in [0.25, 0.3) is 0 Å². The van der Waals surface area contributed by atoms with Gasteiger partial charge in [-0.25, -0.2) is 4.39 Å². The number of ketones is 1. The fourth-order valence-corrected chi connectivity index (χ4v) is 4.23. The zero-order valence-electron chi connectivity index (χ0n) is 16.1. The zero-order valence-corrected chi connectivity index (χ0v) is 16.9. The molecule has 1 heterocycles. The van der Waals surface area contributed by atoms with Gasteiger partial charge in [-0.3, -0.25) is 9.59 Å². The lowest BCUT2D eigenvalue weighted by atomic mass is 9.89. The van der Waals surface area contributed by atoms with Crippen molar-refractivity contribution >= 4 is 23.5 Å². The third-order valence-corrected chi connectivity index (χ3v) is 6.04. The van der Waals surface area contributed by atoms with Crippen LogP contribution in [0.2, 0.25) is 0 Å². The fraction of sp³-hybridized carbons (Fsp3) is 0.500. The maximum atomic E-state index is 14.2. The first-order valence-corrected chi connectivity index (χ1v) is 10.4. The Morgan fingerprint density at radius 2 is 1.96 bits per heavy atom. The van der Waals surface area contributed by atoms with Gasteiger partial charge in [0.05, 0.1) is 5.75 Å². The highest BCUT2D eigenvalue weighted by atomic mass is 32.2. The molecule has 0 radical (unpaired) electrons. The van der Waals surface area contributed by atoms with Crippen LogP contribution in [-0.2, 0) is 10.3 Å². The van der Waals surface area contributed by atoms with E-state index in [9.17, 15) is 14.0 Å². The van der Waals surface area contributed by atoms with E-state index in [1.54, 1.807) is 13.0 Å². The van der Waals surface area contributed by atoms with Crippen LogP contribution in [0.3, 0.4) is 0 Å². The van der Waals surface area contributed by atoms with Crippen molar-refractivity contribution in [2.75, 3.05) is 5.75 Å². The van der Waals surface area contributed by atoms with Crippen molar-refractivity contribution in [3.05, 3.63) is 41.3 Å². The monoisotopic (exact) mass is 405 g/mol. The highest BCUT2D eigenvalue weighted by Gasteiger charge is 2.38. The molecule has 1 N–H and O–H groups in total. The first-order chi connectivity index (χ1) is 13.4. The molecule has 1 aliphatic carbocycles. The maximum Gasteiger partial charge on any atom is 0.231 e. The summed E-state index contributed by atoms with van der Waals surface area (Å²) in [5, 5.41) is 7.17. The number of thioether (sulfide) groups is 1. The van der Waals surface area contributed by atoms with E-state index >= 15 is 0 Å². The zero-order chi connectivity index (χ0) is 20.1. The molecule has 1 saturated carbocycles. The van der Waals surface area contributed by atoms with Crippen LogP contribution in [0.25, 0.3) is 0 Å². The summed E-state index contributed by atoms with van der Waals surface area (Å²) in [5.41, 5.74) is -0.320. The van der Waals surface area contributed by atoms with Crippen LogP contribution in [0.5, 0.6) is 0 Å². The molecule has 1 amide bonds. The van der Waals surface area contributed by atoms with Crippen molar-refractivity contribution < 1.29 is 18.5 Å². The lowest BCUT2D eigenvalue weighted by molar-refractivity contribution is -0.120. The summed E-state index contributed by atoms with van der Waals surface area (Å²) in [5.74, 6) is 0.151. The van der Waals surface area contributed by atoms with Gasteiger partial charge in [-0.15, -0.1) is 11.8 Å². The molecule has 6 nitrogen and oxygen atoms in total. The summed E-state index contributed by atoms with van der Waals surface area (Å²) in [6, 6.07) is 4.31. The standard InChI is InChI=1S/C20H24FN3O3S/c1-13(25)15-7-8-17(16(21)11-15)28-12-18(26)23-20(9-5-3-4-6-10-20)19-22-14(2)27-24-19/h7-8,11H,3-6,9-10,12H2,1-2H3,(H,23,26). The first kappa shape index (κ1) is 20.5. The molecule has 2 aromatic rings. The van der Waals surface area contributed by atoms with Gasteiger partial charge in [0.1, 0.15) is 11.4 Å². The number of aryl methyl sites for hydroxylation is 1. The number of carbonyl (C=O) groups excluding carboxylic acids is 2. The minimum Gasteiger partial charge on any atom is -0.342 e. The first-order valence-electron chi connectivity index (χ1n) is 9.45. The summed E-state index contributed by atoms with van der Waals surface area (Å²) in [6.07, 6.45) is 5.67. The summed E-state index contributed by atoms with van der Waals surface area (Å²) in [4.78, 5) is 28.7. The number of hydrogen-bond donors (Lipinski definition) is 1. The Bertz CT molecular complexity index is 860. The van der Waals surface area contributed by atoms with E-state index < -0.39 is 11.4 Å². The Morgan fingerprint density at radius 1 is 1.25 bits per heavy atom. The van der Waals surface area contributed by atoms with Gasteiger partial charge < -0.3 is 9.84 Å². The highest BCUT2D eigenvalue weighted by molar-refractivity contribution is 8.00. The van der Waals surface area contributed by atoms with Gasteiger partial charge in [0.2, 0.25) is 11.8 Å².